The van der Waals surface area contributed by atoms with E-state index in [2.05, 4.69) is 4.98 Å². The van der Waals surface area contributed by atoms with E-state index in [0.717, 1.165) is 12.5 Å². The number of carboxylic acid groups (broad SMARTS) is 1. The molecule has 1 saturated heterocycles. The van der Waals surface area contributed by atoms with Gasteiger partial charge in [0.05, 0.1) is 0 Å². The summed E-state index contributed by atoms with van der Waals surface area (Å²) in [5, 5.41) is 8.53. The molecule has 110 valence electrons. The van der Waals surface area contributed by atoms with E-state index in [0.29, 0.717) is 18.5 Å². The van der Waals surface area contributed by atoms with E-state index in [9.17, 15) is 14.4 Å². The third-order valence-corrected chi connectivity index (χ3v) is 3.27. The van der Waals surface area contributed by atoms with Crippen LogP contribution in [0.15, 0.2) is 24.4 Å². The zero-order valence-electron chi connectivity index (χ0n) is 11.2. The van der Waals surface area contributed by atoms with Gasteiger partial charge in [-0.3, -0.25) is 14.6 Å². The summed E-state index contributed by atoms with van der Waals surface area (Å²) >= 11 is 0. The first-order valence-electron chi connectivity index (χ1n) is 6.46. The van der Waals surface area contributed by atoms with E-state index in [1.807, 2.05) is 0 Å². The zero-order valence-corrected chi connectivity index (χ0v) is 11.2. The Morgan fingerprint density at radius 1 is 1.38 bits per heavy atom. The van der Waals surface area contributed by atoms with Crippen molar-refractivity contribution >= 4 is 23.9 Å². The van der Waals surface area contributed by atoms with Crippen molar-refractivity contribution in [2.75, 3.05) is 6.54 Å². The first kappa shape index (κ1) is 14.7. The summed E-state index contributed by atoms with van der Waals surface area (Å²) < 4.78 is 0. The fourth-order valence-corrected chi connectivity index (χ4v) is 2.25. The molecule has 21 heavy (non-hydrogen) atoms. The summed E-state index contributed by atoms with van der Waals surface area (Å²) in [5.41, 5.74) is 6.05. The SMILES string of the molecule is NC(=O)C1CCCN1C(=O)c1ccc(C=CC(=O)O)cn1. The average Bonchev–Trinajstić information content (AvgIpc) is 2.94. The minimum Gasteiger partial charge on any atom is -0.478 e. The highest BCUT2D eigenvalue weighted by atomic mass is 16.4. The number of pyridine rings is 1. The highest BCUT2D eigenvalue weighted by Crippen LogP contribution is 2.19. The summed E-state index contributed by atoms with van der Waals surface area (Å²) in [6, 6.07) is 2.51. The number of carbonyl (C=O) groups excluding carboxylic acids is 2. The van der Waals surface area contributed by atoms with E-state index in [1.165, 1.54) is 23.2 Å². The molecular formula is C14H15N3O4. The van der Waals surface area contributed by atoms with E-state index in [1.54, 1.807) is 6.07 Å². The fourth-order valence-electron chi connectivity index (χ4n) is 2.25. The second-order valence-corrected chi connectivity index (χ2v) is 4.71. The number of hydrogen-bond acceptors (Lipinski definition) is 4. The predicted molar refractivity (Wildman–Crippen MR) is 74.2 cm³/mol. The van der Waals surface area contributed by atoms with Gasteiger partial charge < -0.3 is 15.7 Å². The molecule has 1 aromatic heterocycles. The van der Waals surface area contributed by atoms with Crippen LogP contribution in [0.25, 0.3) is 6.08 Å². The topological polar surface area (TPSA) is 114 Å². The monoisotopic (exact) mass is 289 g/mol. The van der Waals surface area contributed by atoms with Gasteiger partial charge in [0.25, 0.3) is 5.91 Å². The van der Waals surface area contributed by atoms with Crippen molar-refractivity contribution in [1.82, 2.24) is 9.88 Å². The Bertz CT molecular complexity index is 595. The number of hydrogen-bond donors (Lipinski definition) is 2. The molecule has 1 aliphatic heterocycles. The van der Waals surface area contributed by atoms with Gasteiger partial charge in [-0.2, -0.15) is 0 Å². The molecule has 7 heteroatoms. The lowest BCUT2D eigenvalue weighted by Gasteiger charge is -2.21. The molecule has 1 aromatic rings. The normalized spacial score (nSPS) is 18.1. The lowest BCUT2D eigenvalue weighted by Crippen LogP contribution is -2.43. The van der Waals surface area contributed by atoms with Gasteiger partial charge in [0, 0.05) is 18.8 Å². The number of amides is 2. The van der Waals surface area contributed by atoms with Crippen LogP contribution in [0.5, 0.6) is 0 Å². The second-order valence-electron chi connectivity index (χ2n) is 4.71. The number of aromatic nitrogens is 1. The first-order chi connectivity index (χ1) is 9.99. The maximum Gasteiger partial charge on any atom is 0.328 e. The Morgan fingerprint density at radius 3 is 2.71 bits per heavy atom. The minimum absolute atomic E-state index is 0.204. The second kappa shape index (κ2) is 6.17. The van der Waals surface area contributed by atoms with Gasteiger partial charge in [-0.05, 0) is 30.5 Å². The molecule has 7 nitrogen and oxygen atoms in total. The molecule has 2 heterocycles. The third kappa shape index (κ3) is 3.44. The molecule has 1 unspecified atom stereocenters. The van der Waals surface area contributed by atoms with Gasteiger partial charge in [-0.15, -0.1) is 0 Å². The predicted octanol–water partition coefficient (Wildman–Crippen LogP) is 0.269. The summed E-state index contributed by atoms with van der Waals surface area (Å²) in [6.07, 6.45) is 5.08. The van der Waals surface area contributed by atoms with Crippen LogP contribution >= 0.6 is 0 Å². The van der Waals surface area contributed by atoms with Crippen LogP contribution in [-0.2, 0) is 9.59 Å². The summed E-state index contributed by atoms with van der Waals surface area (Å²) in [4.78, 5) is 39.4. The molecule has 0 bridgehead atoms. The van der Waals surface area contributed by atoms with Crippen LogP contribution in [0.3, 0.4) is 0 Å². The van der Waals surface area contributed by atoms with Gasteiger partial charge in [0.1, 0.15) is 11.7 Å². The molecule has 0 aromatic carbocycles. The van der Waals surface area contributed by atoms with E-state index in [4.69, 9.17) is 10.8 Å². The maximum atomic E-state index is 12.3. The van der Waals surface area contributed by atoms with E-state index in [-0.39, 0.29) is 11.6 Å². The van der Waals surface area contributed by atoms with Crippen molar-refractivity contribution in [3.63, 3.8) is 0 Å². The van der Waals surface area contributed by atoms with Gasteiger partial charge in [-0.25, -0.2) is 4.79 Å². The number of aliphatic carboxylic acids is 1. The Kier molecular flexibility index (Phi) is 4.32. The van der Waals surface area contributed by atoms with Crippen LogP contribution in [0.2, 0.25) is 0 Å². The molecule has 1 atom stereocenters. The van der Waals surface area contributed by atoms with E-state index >= 15 is 0 Å². The van der Waals surface area contributed by atoms with Gasteiger partial charge >= 0.3 is 5.97 Å². The maximum absolute atomic E-state index is 12.3. The van der Waals surface area contributed by atoms with Gasteiger partial charge in [-0.1, -0.05) is 6.07 Å². The molecule has 0 saturated carbocycles. The van der Waals surface area contributed by atoms with Crippen molar-refractivity contribution in [1.29, 1.82) is 0 Å². The number of rotatable bonds is 4. The zero-order chi connectivity index (χ0) is 15.4. The Morgan fingerprint density at radius 2 is 2.14 bits per heavy atom. The smallest absolute Gasteiger partial charge is 0.328 e. The minimum atomic E-state index is -1.06. The van der Waals surface area contributed by atoms with Crippen molar-refractivity contribution in [3.05, 3.63) is 35.7 Å². The highest BCUT2D eigenvalue weighted by Gasteiger charge is 2.33. The quantitative estimate of drug-likeness (QED) is 0.772. The summed E-state index contributed by atoms with van der Waals surface area (Å²) in [6.45, 7) is 0.481. The molecule has 0 radical (unpaired) electrons. The van der Waals surface area contributed by atoms with Crippen LogP contribution in [0.4, 0.5) is 0 Å². The molecule has 1 fully saturated rings. The molecule has 2 amide bonds. The number of carbonyl (C=O) groups is 3. The highest BCUT2D eigenvalue weighted by molar-refractivity contribution is 5.96. The number of nitrogens with two attached hydrogens (primary N) is 1. The molecule has 0 aliphatic carbocycles. The molecule has 3 N–H and O–H groups in total. The number of nitrogens with zero attached hydrogens (tertiary/aromatic N) is 2. The lowest BCUT2D eigenvalue weighted by molar-refractivity contribution is -0.131. The number of carboxylic acids is 1. The Balaban J connectivity index is 2.13. The third-order valence-electron chi connectivity index (χ3n) is 3.27. The first-order valence-corrected chi connectivity index (χ1v) is 6.46. The van der Waals surface area contributed by atoms with Crippen molar-refractivity contribution < 1.29 is 19.5 Å². The number of primary amides is 1. The Labute approximate surface area is 121 Å². The van der Waals surface area contributed by atoms with Crippen molar-refractivity contribution in [2.45, 2.75) is 18.9 Å². The van der Waals surface area contributed by atoms with Crippen LogP contribution < -0.4 is 5.73 Å². The van der Waals surface area contributed by atoms with Gasteiger partial charge in [0.15, 0.2) is 0 Å². The summed E-state index contributed by atoms with van der Waals surface area (Å²) in [5.74, 6) is -1.91. The van der Waals surface area contributed by atoms with E-state index < -0.39 is 17.9 Å². The summed E-state index contributed by atoms with van der Waals surface area (Å²) in [7, 11) is 0. The standard InChI is InChI=1S/C14H15N3O4/c15-13(20)11-2-1-7-17(11)14(21)10-5-3-9(8-16-10)4-6-12(18)19/h3-6,8,11H,1-2,7H2,(H2,15,20)(H,18,19). The van der Waals surface area contributed by atoms with Crippen LogP contribution in [0.1, 0.15) is 28.9 Å². The molecule has 1 aliphatic rings. The van der Waals surface area contributed by atoms with Crippen molar-refractivity contribution in [3.8, 4) is 0 Å². The average molecular weight is 289 g/mol. The van der Waals surface area contributed by atoms with Crippen LogP contribution in [-0.4, -0.2) is 45.4 Å². The lowest BCUT2D eigenvalue weighted by atomic mass is 10.2. The molecular weight excluding hydrogens is 274 g/mol. The number of likely N-dealkylation sites (tertiary alicyclic amines) is 1. The fraction of sp³-hybridized carbons (Fsp3) is 0.286. The van der Waals surface area contributed by atoms with Crippen molar-refractivity contribution in [2.24, 2.45) is 5.73 Å². The largest absolute Gasteiger partial charge is 0.478 e. The Hall–Kier alpha value is -2.70. The molecule has 2 rings (SSSR count). The van der Waals surface area contributed by atoms with Crippen LogP contribution in [0, 0.1) is 0 Å². The van der Waals surface area contributed by atoms with Gasteiger partial charge in [0.2, 0.25) is 5.91 Å². The molecule has 0 spiro atoms.